The monoisotopic (exact) mass is 488 g/mol. The number of piperidine rings is 1. The number of nitrogens with zero attached hydrogens (tertiary/aromatic N) is 6. The van der Waals surface area contributed by atoms with Gasteiger partial charge in [-0.15, -0.1) is 0 Å². The fraction of sp³-hybridized carbons (Fsp3) is 0.423. The highest BCUT2D eigenvalue weighted by Gasteiger charge is 2.32. The smallest absolute Gasteiger partial charge is 0.269 e. The molecule has 2 fully saturated rings. The molecule has 1 saturated heterocycles. The molecule has 4 aromatic rings. The highest BCUT2D eigenvalue weighted by Crippen LogP contribution is 2.41. The van der Waals surface area contributed by atoms with Crippen molar-refractivity contribution in [3.8, 4) is 6.07 Å². The number of fused-ring (bicyclic) bond motifs is 3. The van der Waals surface area contributed by atoms with Crippen LogP contribution in [0.25, 0.3) is 22.1 Å². The predicted molar refractivity (Wildman–Crippen MR) is 134 cm³/mol. The molecule has 0 radical (unpaired) electrons. The molecule has 9 heteroatoms. The molecule has 1 aliphatic heterocycles. The van der Waals surface area contributed by atoms with Gasteiger partial charge in [-0.3, -0.25) is 0 Å². The van der Waals surface area contributed by atoms with E-state index in [1.54, 1.807) is 42.7 Å². The summed E-state index contributed by atoms with van der Waals surface area (Å²) < 4.78 is 30.5. The zero-order chi connectivity index (χ0) is 24.0. The number of benzene rings is 1. The van der Waals surface area contributed by atoms with Crippen molar-refractivity contribution in [3.05, 3.63) is 54.6 Å². The first-order chi connectivity index (χ1) is 17.1. The van der Waals surface area contributed by atoms with Crippen LogP contribution in [0.4, 0.5) is 0 Å². The van der Waals surface area contributed by atoms with Crippen molar-refractivity contribution < 1.29 is 8.42 Å². The lowest BCUT2D eigenvalue weighted by molar-refractivity contribution is 0.187. The highest BCUT2D eigenvalue weighted by atomic mass is 32.2. The lowest BCUT2D eigenvalue weighted by atomic mass is 9.84. The molecule has 8 nitrogen and oxygen atoms in total. The summed E-state index contributed by atoms with van der Waals surface area (Å²) in [5.41, 5.74) is 2.27. The lowest BCUT2D eigenvalue weighted by Gasteiger charge is -2.35. The zero-order valence-corrected chi connectivity index (χ0v) is 20.4. The van der Waals surface area contributed by atoms with Crippen LogP contribution in [0.3, 0.4) is 0 Å². The van der Waals surface area contributed by atoms with E-state index in [4.69, 9.17) is 10.2 Å². The van der Waals surface area contributed by atoms with Crippen LogP contribution in [0.15, 0.2) is 53.7 Å². The Kier molecular flexibility index (Phi) is 5.58. The van der Waals surface area contributed by atoms with Crippen molar-refractivity contribution in [2.24, 2.45) is 0 Å². The fourth-order valence-corrected chi connectivity index (χ4v) is 6.82. The molecule has 0 amide bonds. The number of likely N-dealkylation sites (tertiary alicyclic amines) is 1. The van der Waals surface area contributed by atoms with Gasteiger partial charge in [0.05, 0.1) is 22.7 Å². The first kappa shape index (κ1) is 22.3. The number of aromatic nitrogens is 4. The fourth-order valence-electron chi connectivity index (χ4n) is 5.50. The van der Waals surface area contributed by atoms with Crippen LogP contribution >= 0.6 is 0 Å². The number of imidazole rings is 1. The first-order valence-corrected chi connectivity index (χ1v) is 13.8. The van der Waals surface area contributed by atoms with Gasteiger partial charge < -0.3 is 9.47 Å². The van der Waals surface area contributed by atoms with Crippen molar-refractivity contribution in [2.45, 2.75) is 55.4 Å². The van der Waals surface area contributed by atoms with Crippen LogP contribution in [-0.4, -0.2) is 51.5 Å². The SMILES string of the molecule is N#CCCN1CCC(n2c(C3CCC3)nc3cnc4c(ccn4S(=O)(=O)c4ccccc4)c32)CC1. The maximum absolute atomic E-state index is 13.4. The highest BCUT2D eigenvalue weighted by molar-refractivity contribution is 7.90. The Labute approximate surface area is 204 Å². The second-order valence-electron chi connectivity index (χ2n) is 9.61. The standard InChI is InChI=1S/C26H28N6O2S/c27-13-5-14-30-15-10-20(11-16-30)32-24-22-12-17-31(35(33,34)21-8-2-1-3-9-21)26(22)28-18-23(24)29-25(32)19-6-4-7-19/h1-3,8-9,12,17-20H,4-7,10-11,14-16H2. The van der Waals surface area contributed by atoms with Gasteiger partial charge in [0.2, 0.25) is 0 Å². The van der Waals surface area contributed by atoms with E-state index in [2.05, 4.69) is 20.5 Å². The summed E-state index contributed by atoms with van der Waals surface area (Å²) in [6.45, 7) is 2.72. The van der Waals surface area contributed by atoms with Crippen LogP contribution < -0.4 is 0 Å². The molecule has 0 N–H and O–H groups in total. The quantitative estimate of drug-likeness (QED) is 0.398. The normalized spacial score (nSPS) is 18.1. The predicted octanol–water partition coefficient (Wildman–Crippen LogP) is 4.44. The van der Waals surface area contributed by atoms with E-state index in [1.807, 2.05) is 6.07 Å². The third-order valence-electron chi connectivity index (χ3n) is 7.59. The van der Waals surface area contributed by atoms with Crippen molar-refractivity contribution in [3.63, 3.8) is 0 Å². The van der Waals surface area contributed by atoms with E-state index in [0.29, 0.717) is 24.0 Å². The Morgan fingerprint density at radius 3 is 2.51 bits per heavy atom. The molecule has 4 heterocycles. The number of hydrogen-bond acceptors (Lipinski definition) is 6. The Morgan fingerprint density at radius 1 is 1.06 bits per heavy atom. The van der Waals surface area contributed by atoms with Gasteiger partial charge in [-0.25, -0.2) is 22.4 Å². The van der Waals surface area contributed by atoms with Crippen molar-refractivity contribution in [2.75, 3.05) is 19.6 Å². The zero-order valence-electron chi connectivity index (χ0n) is 19.5. The van der Waals surface area contributed by atoms with Crippen molar-refractivity contribution in [1.29, 1.82) is 5.26 Å². The van der Waals surface area contributed by atoms with Crippen molar-refractivity contribution >= 4 is 32.1 Å². The van der Waals surface area contributed by atoms with Gasteiger partial charge in [0.15, 0.2) is 5.65 Å². The maximum Gasteiger partial charge on any atom is 0.269 e. The molecule has 3 aromatic heterocycles. The molecule has 0 bridgehead atoms. The second-order valence-corrected chi connectivity index (χ2v) is 11.4. The molecule has 1 aliphatic carbocycles. The molecule has 1 aromatic carbocycles. The Bertz CT molecular complexity index is 1520. The second kappa shape index (κ2) is 8.77. The molecule has 35 heavy (non-hydrogen) atoms. The summed E-state index contributed by atoms with van der Waals surface area (Å²) in [7, 11) is -3.76. The van der Waals surface area contributed by atoms with Crippen LogP contribution in [0, 0.1) is 11.3 Å². The molecule has 0 atom stereocenters. The van der Waals surface area contributed by atoms with E-state index in [9.17, 15) is 8.42 Å². The summed E-state index contributed by atoms with van der Waals surface area (Å²) in [6.07, 6.45) is 9.39. The van der Waals surface area contributed by atoms with E-state index >= 15 is 0 Å². The molecule has 0 unspecified atom stereocenters. The molecule has 0 spiro atoms. The van der Waals surface area contributed by atoms with E-state index < -0.39 is 10.0 Å². The minimum atomic E-state index is -3.76. The largest absolute Gasteiger partial charge is 0.324 e. The van der Waals surface area contributed by atoms with Crippen LogP contribution in [0.1, 0.15) is 56.3 Å². The molecule has 6 rings (SSSR count). The number of rotatable bonds is 6. The van der Waals surface area contributed by atoms with E-state index in [-0.39, 0.29) is 4.90 Å². The Hall–Kier alpha value is -3.22. The van der Waals surface area contributed by atoms with Gasteiger partial charge in [-0.05, 0) is 43.9 Å². The summed E-state index contributed by atoms with van der Waals surface area (Å²) in [5, 5.41) is 9.77. The minimum absolute atomic E-state index is 0.243. The number of pyridine rings is 1. The Balaban J connectivity index is 1.47. The molecule has 180 valence electrons. The molecular weight excluding hydrogens is 460 g/mol. The molecule has 2 aliphatic rings. The van der Waals surface area contributed by atoms with Gasteiger partial charge in [-0.1, -0.05) is 24.6 Å². The first-order valence-electron chi connectivity index (χ1n) is 12.4. The van der Waals surface area contributed by atoms with Crippen molar-refractivity contribution in [1.82, 2.24) is 23.4 Å². The van der Waals surface area contributed by atoms with Gasteiger partial charge in [0, 0.05) is 49.6 Å². The topological polar surface area (TPSA) is 96.8 Å². The van der Waals surface area contributed by atoms with Gasteiger partial charge in [0.25, 0.3) is 10.0 Å². The average molecular weight is 489 g/mol. The average Bonchev–Trinajstić information content (AvgIpc) is 3.44. The number of hydrogen-bond donors (Lipinski definition) is 0. The summed E-state index contributed by atoms with van der Waals surface area (Å²) in [5.74, 6) is 1.57. The van der Waals surface area contributed by atoms with Crippen LogP contribution in [0.2, 0.25) is 0 Å². The van der Waals surface area contributed by atoms with E-state index in [0.717, 1.165) is 67.6 Å². The molecule has 1 saturated carbocycles. The molecular formula is C26H28N6O2S. The third kappa shape index (κ3) is 3.72. The third-order valence-corrected chi connectivity index (χ3v) is 9.27. The van der Waals surface area contributed by atoms with Gasteiger partial charge >= 0.3 is 0 Å². The van der Waals surface area contributed by atoms with E-state index in [1.165, 1.54) is 10.4 Å². The maximum atomic E-state index is 13.4. The minimum Gasteiger partial charge on any atom is -0.324 e. The van der Waals surface area contributed by atoms with Gasteiger partial charge in [-0.2, -0.15) is 5.26 Å². The van der Waals surface area contributed by atoms with Crippen LogP contribution in [0.5, 0.6) is 0 Å². The lowest BCUT2D eigenvalue weighted by Crippen LogP contribution is -2.36. The summed E-state index contributed by atoms with van der Waals surface area (Å²) in [4.78, 5) is 12.2. The Morgan fingerprint density at radius 2 is 1.83 bits per heavy atom. The van der Waals surface area contributed by atoms with Crippen LogP contribution in [-0.2, 0) is 10.0 Å². The number of nitriles is 1. The van der Waals surface area contributed by atoms with Gasteiger partial charge in [0.1, 0.15) is 11.3 Å². The summed E-state index contributed by atoms with van der Waals surface area (Å²) >= 11 is 0. The summed E-state index contributed by atoms with van der Waals surface area (Å²) in [6, 6.07) is 12.9.